The normalized spacial score (nSPS) is 22.1. The van der Waals surface area contributed by atoms with Crippen LogP contribution in [-0.2, 0) is 11.2 Å². The lowest BCUT2D eigenvalue weighted by Gasteiger charge is -2.25. The van der Waals surface area contributed by atoms with Gasteiger partial charge < -0.3 is 0 Å². The summed E-state index contributed by atoms with van der Waals surface area (Å²) in [6, 6.07) is 5.47. The molecule has 0 heterocycles. The number of rotatable bonds is 3. The van der Waals surface area contributed by atoms with Gasteiger partial charge in [0.25, 0.3) is 0 Å². The van der Waals surface area contributed by atoms with Gasteiger partial charge in [0.1, 0.15) is 5.78 Å². The van der Waals surface area contributed by atoms with E-state index in [0.29, 0.717) is 22.2 Å². The van der Waals surface area contributed by atoms with Gasteiger partial charge >= 0.3 is 0 Å². The number of carbonyl (C=O) groups excluding carboxylic acids is 1. The van der Waals surface area contributed by atoms with Crippen LogP contribution in [0.1, 0.15) is 38.7 Å². The van der Waals surface area contributed by atoms with Crippen LogP contribution >= 0.6 is 23.2 Å². The quantitative estimate of drug-likeness (QED) is 0.769. The topological polar surface area (TPSA) is 17.1 Å². The molecule has 1 unspecified atom stereocenters. The Labute approximate surface area is 118 Å². The van der Waals surface area contributed by atoms with Gasteiger partial charge in [-0.1, -0.05) is 55.6 Å². The van der Waals surface area contributed by atoms with Crippen molar-refractivity contribution < 1.29 is 4.79 Å². The minimum atomic E-state index is 0.127. The maximum absolute atomic E-state index is 12.4. The zero-order valence-corrected chi connectivity index (χ0v) is 12.3. The summed E-state index contributed by atoms with van der Waals surface area (Å²) in [7, 11) is 0. The van der Waals surface area contributed by atoms with Gasteiger partial charge in [-0.15, -0.1) is 0 Å². The second kappa shape index (κ2) is 5.22. The predicted molar refractivity (Wildman–Crippen MR) is 76.3 cm³/mol. The number of halogens is 2. The highest BCUT2D eigenvalue weighted by molar-refractivity contribution is 6.42. The van der Waals surface area contributed by atoms with E-state index in [0.717, 1.165) is 24.8 Å². The third kappa shape index (κ3) is 2.73. The zero-order valence-electron chi connectivity index (χ0n) is 10.8. The summed E-state index contributed by atoms with van der Waals surface area (Å²) >= 11 is 12.1. The molecular weight excluding hydrogens is 267 g/mol. The average molecular weight is 285 g/mol. The molecule has 1 fully saturated rings. The number of hydrogen-bond acceptors (Lipinski definition) is 1. The van der Waals surface area contributed by atoms with Crippen molar-refractivity contribution in [2.24, 2.45) is 11.3 Å². The van der Waals surface area contributed by atoms with Gasteiger partial charge in [-0.05, 0) is 29.9 Å². The Morgan fingerprint density at radius 1 is 1.39 bits per heavy atom. The predicted octanol–water partition coefficient (Wildman–Crippen LogP) is 4.93. The van der Waals surface area contributed by atoms with E-state index in [1.165, 1.54) is 0 Å². The maximum Gasteiger partial charge on any atom is 0.140 e. The van der Waals surface area contributed by atoms with Gasteiger partial charge in [0.15, 0.2) is 0 Å². The number of carbonyl (C=O) groups is 1. The van der Waals surface area contributed by atoms with Gasteiger partial charge in [0.2, 0.25) is 0 Å². The number of hydrogen-bond donors (Lipinski definition) is 0. The first kappa shape index (κ1) is 13.9. The lowest BCUT2D eigenvalue weighted by atomic mass is 9.78. The van der Waals surface area contributed by atoms with Crippen LogP contribution in [0.2, 0.25) is 10.0 Å². The van der Waals surface area contributed by atoms with Gasteiger partial charge in [0, 0.05) is 12.3 Å². The molecule has 0 amide bonds. The standard InChI is InChI=1S/C15H18Cl2O/c1-15(2)8-4-6-11(15)13(18)9-10-5-3-7-12(16)14(10)17/h3,5,7,11H,4,6,8-9H2,1-2H3. The molecule has 0 bridgehead atoms. The fourth-order valence-electron chi connectivity index (χ4n) is 2.92. The lowest BCUT2D eigenvalue weighted by Crippen LogP contribution is -2.27. The Hall–Kier alpha value is -0.530. The Kier molecular flexibility index (Phi) is 4.03. The molecule has 1 saturated carbocycles. The molecule has 0 aromatic heterocycles. The largest absolute Gasteiger partial charge is 0.299 e. The third-order valence-electron chi connectivity index (χ3n) is 4.04. The summed E-state index contributed by atoms with van der Waals surface area (Å²) in [4.78, 5) is 12.4. The summed E-state index contributed by atoms with van der Waals surface area (Å²) in [5.74, 6) is 0.453. The van der Waals surface area contributed by atoms with E-state index in [1.807, 2.05) is 12.1 Å². The van der Waals surface area contributed by atoms with Crippen molar-refractivity contribution in [1.82, 2.24) is 0 Å². The Balaban J connectivity index is 2.15. The van der Waals surface area contributed by atoms with Crippen LogP contribution in [0.15, 0.2) is 18.2 Å². The minimum Gasteiger partial charge on any atom is -0.299 e. The molecule has 0 saturated heterocycles. The average Bonchev–Trinajstić information content (AvgIpc) is 2.65. The number of Topliss-reactive ketones (excluding diaryl/α,β-unsaturated/α-hetero) is 1. The fourth-order valence-corrected chi connectivity index (χ4v) is 3.31. The van der Waals surface area contributed by atoms with Gasteiger partial charge in [-0.3, -0.25) is 4.79 Å². The van der Waals surface area contributed by atoms with Crippen LogP contribution in [0.4, 0.5) is 0 Å². The van der Waals surface area contributed by atoms with Crippen molar-refractivity contribution in [3.63, 3.8) is 0 Å². The van der Waals surface area contributed by atoms with E-state index >= 15 is 0 Å². The summed E-state index contributed by atoms with van der Waals surface area (Å²) in [6.07, 6.45) is 3.68. The Morgan fingerprint density at radius 2 is 2.11 bits per heavy atom. The first-order valence-electron chi connectivity index (χ1n) is 6.37. The van der Waals surface area contributed by atoms with E-state index in [-0.39, 0.29) is 11.3 Å². The van der Waals surface area contributed by atoms with Crippen molar-refractivity contribution in [1.29, 1.82) is 0 Å². The molecule has 1 atom stereocenters. The summed E-state index contributed by atoms with van der Waals surface area (Å²) in [6.45, 7) is 4.37. The molecule has 18 heavy (non-hydrogen) atoms. The van der Waals surface area contributed by atoms with Crippen molar-refractivity contribution in [3.8, 4) is 0 Å². The molecule has 1 aromatic carbocycles. The summed E-state index contributed by atoms with van der Waals surface area (Å²) in [5.41, 5.74) is 0.971. The van der Waals surface area contributed by atoms with Crippen molar-refractivity contribution in [3.05, 3.63) is 33.8 Å². The van der Waals surface area contributed by atoms with Crippen LogP contribution in [0, 0.1) is 11.3 Å². The van der Waals surface area contributed by atoms with Crippen molar-refractivity contribution in [2.75, 3.05) is 0 Å². The van der Waals surface area contributed by atoms with E-state index in [9.17, 15) is 4.79 Å². The molecule has 0 N–H and O–H groups in total. The first-order valence-corrected chi connectivity index (χ1v) is 7.13. The zero-order chi connectivity index (χ0) is 13.3. The summed E-state index contributed by atoms with van der Waals surface area (Å²) < 4.78 is 0. The van der Waals surface area contributed by atoms with Crippen LogP contribution in [-0.4, -0.2) is 5.78 Å². The molecule has 1 aromatic rings. The Bertz CT molecular complexity index is 466. The SMILES string of the molecule is CC1(C)CCCC1C(=O)Cc1cccc(Cl)c1Cl. The lowest BCUT2D eigenvalue weighted by molar-refractivity contribution is -0.124. The fraction of sp³-hybridized carbons (Fsp3) is 0.533. The summed E-state index contributed by atoms with van der Waals surface area (Å²) in [5, 5.41) is 1.04. The molecule has 1 nitrogen and oxygen atoms in total. The molecular formula is C15H18Cl2O. The van der Waals surface area contributed by atoms with Crippen LogP contribution in [0.25, 0.3) is 0 Å². The molecule has 98 valence electrons. The highest BCUT2D eigenvalue weighted by Crippen LogP contribution is 2.43. The van der Waals surface area contributed by atoms with E-state index < -0.39 is 0 Å². The van der Waals surface area contributed by atoms with E-state index in [4.69, 9.17) is 23.2 Å². The second-order valence-corrected chi connectivity index (χ2v) is 6.57. The highest BCUT2D eigenvalue weighted by Gasteiger charge is 2.38. The first-order chi connectivity index (χ1) is 8.42. The highest BCUT2D eigenvalue weighted by atomic mass is 35.5. The number of ketones is 1. The molecule has 3 heteroatoms. The smallest absolute Gasteiger partial charge is 0.140 e. The molecule has 0 spiro atoms. The molecule has 1 aliphatic carbocycles. The minimum absolute atomic E-state index is 0.127. The van der Waals surface area contributed by atoms with Crippen LogP contribution in [0.5, 0.6) is 0 Å². The molecule has 2 rings (SSSR count). The Morgan fingerprint density at radius 3 is 2.72 bits per heavy atom. The van der Waals surface area contributed by atoms with Gasteiger partial charge in [-0.25, -0.2) is 0 Å². The second-order valence-electron chi connectivity index (χ2n) is 5.79. The third-order valence-corrected chi connectivity index (χ3v) is 4.90. The maximum atomic E-state index is 12.4. The molecule has 1 aliphatic rings. The van der Waals surface area contributed by atoms with Gasteiger partial charge in [0.05, 0.1) is 10.0 Å². The van der Waals surface area contributed by atoms with Crippen LogP contribution in [0.3, 0.4) is 0 Å². The number of benzene rings is 1. The van der Waals surface area contributed by atoms with E-state index in [2.05, 4.69) is 13.8 Å². The van der Waals surface area contributed by atoms with Gasteiger partial charge in [-0.2, -0.15) is 0 Å². The molecule has 0 aliphatic heterocycles. The molecule has 0 radical (unpaired) electrons. The monoisotopic (exact) mass is 284 g/mol. The van der Waals surface area contributed by atoms with Crippen molar-refractivity contribution in [2.45, 2.75) is 39.5 Å². The van der Waals surface area contributed by atoms with Crippen LogP contribution < -0.4 is 0 Å². The van der Waals surface area contributed by atoms with E-state index in [1.54, 1.807) is 6.07 Å². The van der Waals surface area contributed by atoms with Crippen molar-refractivity contribution >= 4 is 29.0 Å².